The van der Waals surface area contributed by atoms with Gasteiger partial charge >= 0.3 is 0 Å². The molecule has 0 aliphatic carbocycles. The number of ether oxygens (including phenoxy) is 7. The lowest BCUT2D eigenvalue weighted by Gasteiger charge is -2.09. The van der Waals surface area contributed by atoms with Crippen LogP contribution >= 0.6 is 0 Å². The van der Waals surface area contributed by atoms with E-state index in [-0.39, 0.29) is 0 Å². The van der Waals surface area contributed by atoms with Crippen LogP contribution < -0.4 is 4.74 Å². The quantitative estimate of drug-likeness (QED) is 0.0617. The second kappa shape index (κ2) is 32.4. The van der Waals surface area contributed by atoms with Crippen LogP contribution in [0.5, 0.6) is 5.75 Å². The van der Waals surface area contributed by atoms with Crippen molar-refractivity contribution in [1.29, 1.82) is 0 Å². The molecule has 0 spiro atoms. The van der Waals surface area contributed by atoms with E-state index in [1.807, 2.05) is 0 Å². The smallest absolute Gasteiger partial charge is 0.150 e. The van der Waals surface area contributed by atoms with Crippen molar-refractivity contribution in [1.82, 2.24) is 0 Å². The molecule has 0 unspecified atom stereocenters. The van der Waals surface area contributed by atoms with Crippen LogP contribution in [0.15, 0.2) is 24.3 Å². The summed E-state index contributed by atoms with van der Waals surface area (Å²) in [5.74, 6) is 0.717. The molecule has 1 aromatic rings. The summed E-state index contributed by atoms with van der Waals surface area (Å²) < 4.78 is 38.7. The SMILES string of the molecule is CCCCCCCCCCCCCCCOCCOCCOCCOCCOCCOCCOc1ccc(C=O)cc1. The van der Waals surface area contributed by atoms with E-state index < -0.39 is 0 Å². The highest BCUT2D eigenvalue weighted by Gasteiger charge is 1.98. The Balaban J connectivity index is 1.64. The molecule has 1 aromatic carbocycles. The van der Waals surface area contributed by atoms with E-state index in [0.717, 1.165) is 19.3 Å². The standard InChI is InChI=1S/C34H60O8/c1-2-3-4-5-6-7-8-9-10-11-12-13-14-19-36-20-21-37-22-23-38-24-25-39-26-27-40-28-29-41-30-31-42-34-17-15-33(32-35)16-18-34/h15-18,32H,2-14,19-31H2,1H3. The molecule has 0 atom stereocenters. The molecule has 0 heterocycles. The molecule has 0 radical (unpaired) electrons. The minimum atomic E-state index is 0.446. The molecule has 0 saturated heterocycles. The van der Waals surface area contributed by atoms with Crippen LogP contribution in [0, 0.1) is 0 Å². The van der Waals surface area contributed by atoms with E-state index in [1.165, 1.54) is 77.0 Å². The number of hydrogen-bond donors (Lipinski definition) is 0. The molecule has 0 fully saturated rings. The first-order chi connectivity index (χ1) is 20.9. The minimum absolute atomic E-state index is 0.446. The molecule has 0 aromatic heterocycles. The number of unbranched alkanes of at least 4 members (excludes halogenated alkanes) is 12. The summed E-state index contributed by atoms with van der Waals surface area (Å²) in [6, 6.07) is 6.98. The van der Waals surface area contributed by atoms with E-state index >= 15 is 0 Å². The van der Waals surface area contributed by atoms with Crippen molar-refractivity contribution in [3.8, 4) is 5.75 Å². The fourth-order valence-electron chi connectivity index (χ4n) is 4.28. The molecular formula is C34H60O8. The van der Waals surface area contributed by atoms with E-state index in [9.17, 15) is 4.79 Å². The van der Waals surface area contributed by atoms with Gasteiger partial charge < -0.3 is 33.2 Å². The highest BCUT2D eigenvalue weighted by atomic mass is 16.6. The lowest BCUT2D eigenvalue weighted by Crippen LogP contribution is -2.14. The van der Waals surface area contributed by atoms with Gasteiger partial charge in [0.05, 0.1) is 72.7 Å². The van der Waals surface area contributed by atoms with Gasteiger partial charge in [0.2, 0.25) is 0 Å². The molecule has 8 heteroatoms. The van der Waals surface area contributed by atoms with Crippen molar-refractivity contribution in [2.75, 3.05) is 85.9 Å². The number of benzene rings is 1. The normalized spacial score (nSPS) is 11.3. The lowest BCUT2D eigenvalue weighted by molar-refractivity contribution is -0.0179. The monoisotopic (exact) mass is 596 g/mol. The maximum absolute atomic E-state index is 10.6. The van der Waals surface area contributed by atoms with Crippen LogP contribution in [0.2, 0.25) is 0 Å². The second-order valence-corrected chi connectivity index (χ2v) is 10.5. The Kier molecular flexibility index (Phi) is 29.6. The predicted molar refractivity (Wildman–Crippen MR) is 168 cm³/mol. The van der Waals surface area contributed by atoms with E-state index in [4.69, 9.17) is 33.2 Å². The first-order valence-electron chi connectivity index (χ1n) is 16.5. The third kappa shape index (κ3) is 27.3. The molecule has 8 nitrogen and oxygen atoms in total. The van der Waals surface area contributed by atoms with Crippen molar-refractivity contribution < 1.29 is 38.0 Å². The van der Waals surface area contributed by atoms with Crippen LogP contribution in [0.3, 0.4) is 0 Å². The Hall–Kier alpha value is -1.55. The first kappa shape index (κ1) is 38.5. The van der Waals surface area contributed by atoms with Gasteiger partial charge in [-0.25, -0.2) is 0 Å². The molecule has 1 rings (SSSR count). The summed E-state index contributed by atoms with van der Waals surface area (Å²) in [4.78, 5) is 10.6. The van der Waals surface area contributed by atoms with Crippen LogP contribution in [-0.2, 0) is 28.4 Å². The van der Waals surface area contributed by atoms with Gasteiger partial charge in [0, 0.05) is 12.2 Å². The van der Waals surface area contributed by atoms with Gasteiger partial charge in [-0.1, -0.05) is 84.0 Å². The van der Waals surface area contributed by atoms with Crippen LogP contribution in [0.1, 0.15) is 101 Å². The van der Waals surface area contributed by atoms with Gasteiger partial charge in [-0.05, 0) is 30.7 Å². The van der Waals surface area contributed by atoms with Gasteiger partial charge in [0.1, 0.15) is 18.6 Å². The molecule has 0 N–H and O–H groups in total. The average molecular weight is 597 g/mol. The molecule has 0 aliphatic rings. The molecule has 0 aliphatic heterocycles. The third-order valence-electron chi connectivity index (χ3n) is 6.76. The van der Waals surface area contributed by atoms with Crippen molar-refractivity contribution >= 4 is 6.29 Å². The summed E-state index contributed by atoms with van der Waals surface area (Å²) in [5, 5.41) is 0. The fourth-order valence-corrected chi connectivity index (χ4v) is 4.28. The summed E-state index contributed by atoms with van der Waals surface area (Å²) in [7, 11) is 0. The Morgan fingerprint density at radius 2 is 0.762 bits per heavy atom. The molecule has 0 saturated carbocycles. The second-order valence-electron chi connectivity index (χ2n) is 10.5. The van der Waals surface area contributed by atoms with Crippen molar-refractivity contribution in [3.63, 3.8) is 0 Å². The van der Waals surface area contributed by atoms with Gasteiger partial charge in [0.25, 0.3) is 0 Å². The van der Waals surface area contributed by atoms with Gasteiger partial charge in [-0.3, -0.25) is 4.79 Å². The van der Waals surface area contributed by atoms with Gasteiger partial charge in [0.15, 0.2) is 0 Å². The molecule has 0 bridgehead atoms. The van der Waals surface area contributed by atoms with Gasteiger partial charge in [-0.15, -0.1) is 0 Å². The summed E-state index contributed by atoms with van der Waals surface area (Å²) >= 11 is 0. The highest BCUT2D eigenvalue weighted by Crippen LogP contribution is 2.13. The summed E-state index contributed by atoms with van der Waals surface area (Å²) in [6.45, 7) is 9.56. The maximum Gasteiger partial charge on any atom is 0.150 e. The summed E-state index contributed by atoms with van der Waals surface area (Å²) in [6.07, 6.45) is 18.6. The number of carbonyl (C=O) groups excluding carboxylic acids is 1. The Morgan fingerprint density at radius 1 is 0.429 bits per heavy atom. The number of rotatable bonds is 34. The van der Waals surface area contributed by atoms with E-state index in [2.05, 4.69) is 6.92 Å². The fraction of sp³-hybridized carbons (Fsp3) is 0.794. The Bertz CT molecular complexity index is 670. The predicted octanol–water partition coefficient (Wildman–Crippen LogP) is 7.07. The zero-order valence-electron chi connectivity index (χ0n) is 26.5. The first-order valence-corrected chi connectivity index (χ1v) is 16.5. The third-order valence-corrected chi connectivity index (χ3v) is 6.76. The van der Waals surface area contributed by atoms with Gasteiger partial charge in [-0.2, -0.15) is 0 Å². The number of hydrogen-bond acceptors (Lipinski definition) is 8. The van der Waals surface area contributed by atoms with Crippen molar-refractivity contribution in [3.05, 3.63) is 29.8 Å². The van der Waals surface area contributed by atoms with Crippen LogP contribution in [-0.4, -0.2) is 92.2 Å². The van der Waals surface area contributed by atoms with E-state index in [0.29, 0.717) is 90.6 Å². The largest absolute Gasteiger partial charge is 0.491 e. The van der Waals surface area contributed by atoms with Crippen LogP contribution in [0.4, 0.5) is 0 Å². The molecule has 0 amide bonds. The lowest BCUT2D eigenvalue weighted by atomic mass is 10.0. The topological polar surface area (TPSA) is 81.7 Å². The highest BCUT2D eigenvalue weighted by molar-refractivity contribution is 5.74. The molecular weight excluding hydrogens is 536 g/mol. The zero-order chi connectivity index (χ0) is 30.0. The van der Waals surface area contributed by atoms with E-state index in [1.54, 1.807) is 24.3 Å². The Morgan fingerprint density at radius 3 is 1.14 bits per heavy atom. The number of aldehydes is 1. The summed E-state index contributed by atoms with van der Waals surface area (Å²) in [5.41, 5.74) is 0.629. The maximum atomic E-state index is 10.6. The minimum Gasteiger partial charge on any atom is -0.491 e. The zero-order valence-corrected chi connectivity index (χ0v) is 26.5. The number of carbonyl (C=O) groups is 1. The van der Waals surface area contributed by atoms with Crippen molar-refractivity contribution in [2.24, 2.45) is 0 Å². The van der Waals surface area contributed by atoms with Crippen molar-refractivity contribution in [2.45, 2.75) is 90.4 Å². The molecule has 42 heavy (non-hydrogen) atoms. The van der Waals surface area contributed by atoms with Crippen LogP contribution in [0.25, 0.3) is 0 Å². The molecule has 244 valence electrons. The Labute approximate surface area is 256 Å². The average Bonchev–Trinajstić information content (AvgIpc) is 3.02.